The second-order valence-electron chi connectivity index (χ2n) is 20.1. The van der Waals surface area contributed by atoms with Crippen molar-refractivity contribution in [1.29, 1.82) is 0 Å². The highest BCUT2D eigenvalue weighted by Crippen LogP contribution is 2.44. The van der Waals surface area contributed by atoms with Gasteiger partial charge in [0.05, 0.1) is 48.0 Å². The quantitative estimate of drug-likeness (QED) is 0.0443. The third-order valence-electron chi connectivity index (χ3n) is 12.8. The number of β-amino-alcohol motifs (C(OH)–C–C–N with tert-alkyl or cyclic N) is 1. The van der Waals surface area contributed by atoms with E-state index in [9.17, 15) is 19.5 Å². The van der Waals surface area contributed by atoms with Gasteiger partial charge in [0.2, 0.25) is 11.8 Å². The average molecular weight is 1010 g/mol. The van der Waals surface area contributed by atoms with Gasteiger partial charge in [0.25, 0.3) is 0 Å². The van der Waals surface area contributed by atoms with Gasteiger partial charge in [-0.2, -0.15) is 8.78 Å². The van der Waals surface area contributed by atoms with Crippen molar-refractivity contribution in [3.63, 3.8) is 0 Å². The number of rotatable bonds is 20. The number of nitrogens with one attached hydrogen (secondary N) is 3. The van der Waals surface area contributed by atoms with Crippen LogP contribution in [0.25, 0.3) is 21.3 Å². The lowest BCUT2D eigenvalue weighted by Crippen LogP contribution is -2.60. The van der Waals surface area contributed by atoms with Crippen molar-refractivity contribution in [2.45, 2.75) is 123 Å². The Morgan fingerprint density at radius 3 is 2.31 bits per heavy atom. The molecular weight excluding hydrogens is 948 g/mol. The zero-order valence-electron chi connectivity index (χ0n) is 41.1. The first-order chi connectivity index (χ1) is 33.5. The molecule has 5 atom stereocenters. The molecule has 0 spiro atoms. The van der Waals surface area contributed by atoms with E-state index in [4.69, 9.17) is 9.47 Å². The van der Waals surface area contributed by atoms with Crippen LogP contribution in [0.2, 0.25) is 0 Å². The van der Waals surface area contributed by atoms with Gasteiger partial charge in [-0.05, 0) is 75.1 Å². The number of aliphatic hydroxyl groups is 1. The zero-order chi connectivity index (χ0) is 51.4. The van der Waals surface area contributed by atoms with E-state index in [0.717, 1.165) is 55.2 Å². The van der Waals surface area contributed by atoms with Crippen LogP contribution in [-0.4, -0.2) is 118 Å². The molecule has 2 aromatic heterocycles. The van der Waals surface area contributed by atoms with Crippen LogP contribution in [-0.2, 0) is 36.8 Å². The highest BCUT2D eigenvalue weighted by molar-refractivity contribution is 7.13. The predicted octanol–water partition coefficient (Wildman–Crippen LogP) is 8.56. The van der Waals surface area contributed by atoms with Gasteiger partial charge in [0.15, 0.2) is 0 Å². The fraction of sp³-hybridized carbons (Fsp3) is 0.500. The molecule has 13 nitrogen and oxygen atoms in total. The largest absolute Gasteiger partial charge is 0.493 e. The Morgan fingerprint density at radius 1 is 0.958 bits per heavy atom. The molecule has 2 aliphatic rings. The predicted molar refractivity (Wildman–Crippen MR) is 260 cm³/mol. The Labute approximate surface area is 414 Å². The number of benzene rings is 3. The summed E-state index contributed by atoms with van der Waals surface area (Å²) < 4.78 is 93.1. The number of alkyl halides is 3. The number of ether oxygens (including phenoxy) is 3. The number of aromatic nitrogens is 2. The van der Waals surface area contributed by atoms with Crippen LogP contribution in [0, 0.1) is 24.0 Å². The van der Waals surface area contributed by atoms with Crippen LogP contribution in [0.4, 0.5) is 22.0 Å². The molecule has 4 heterocycles. The summed E-state index contributed by atoms with van der Waals surface area (Å²) in [6.45, 7) is 10.4. The molecule has 71 heavy (non-hydrogen) atoms. The standard InChI is InChI=1S/C52H63F5N6O7S/c1-30-22-37-36-12-8-9-13-40(36)60-43(37)44(63(30)28-51(6,7)55)42-38(53)24-35(25-39(42)54)69-19-11-10-18-68-20-21-70-52(56,57)49(67)61-46(50(3,4)5)48(66)62-27-34(64)23-41(62)47(65)58-26-32-14-16-33(17-15-32)45-31(2)59-29-71-45/h8-9,12-17,24-25,29-30,34,41,44,46,60,64H,10-11,18-23,26-28H2,1-7H3,(H,58,65)(H,61,67)/t30-,34-,41+,44-,46?/m1/s1. The van der Waals surface area contributed by atoms with E-state index in [1.165, 1.54) is 25.2 Å². The molecule has 2 aliphatic heterocycles. The van der Waals surface area contributed by atoms with Gasteiger partial charge in [0.1, 0.15) is 35.1 Å². The summed E-state index contributed by atoms with van der Waals surface area (Å²) in [4.78, 5) is 51.9. The average Bonchev–Trinajstić information content (AvgIpc) is 4.02. The minimum atomic E-state index is -4.36. The number of aryl methyl sites for hydroxylation is 1. The molecular formula is C52H63F5N6O7S. The number of nitrogens with zero attached hydrogens (tertiary/aromatic N) is 3. The highest BCUT2D eigenvalue weighted by Gasteiger charge is 2.48. The smallest absolute Gasteiger partial charge is 0.436 e. The van der Waals surface area contributed by atoms with E-state index in [1.807, 2.05) is 62.4 Å². The number of likely N-dealkylation sites (tertiary alicyclic amines) is 1. The molecule has 1 saturated heterocycles. The van der Waals surface area contributed by atoms with Crippen LogP contribution >= 0.6 is 11.3 Å². The van der Waals surface area contributed by atoms with Gasteiger partial charge in [-0.15, -0.1) is 11.3 Å². The number of hydrogen-bond acceptors (Lipinski definition) is 10. The van der Waals surface area contributed by atoms with Crippen molar-refractivity contribution in [3.8, 4) is 16.2 Å². The van der Waals surface area contributed by atoms with Gasteiger partial charge in [0, 0.05) is 73.0 Å². The van der Waals surface area contributed by atoms with Crippen molar-refractivity contribution >= 4 is 40.0 Å². The topological polar surface area (TPSA) is 158 Å². The highest BCUT2D eigenvalue weighted by atomic mass is 32.1. The normalized spacial score (nSPS) is 19.2. The van der Waals surface area contributed by atoms with Crippen molar-refractivity contribution < 1.29 is 55.7 Å². The fourth-order valence-electron chi connectivity index (χ4n) is 9.29. The van der Waals surface area contributed by atoms with Gasteiger partial charge in [-0.3, -0.25) is 19.3 Å². The molecule has 3 amide bonds. The molecule has 1 fully saturated rings. The monoisotopic (exact) mass is 1010 g/mol. The van der Waals surface area contributed by atoms with Crippen LogP contribution in [0.3, 0.4) is 0 Å². The van der Waals surface area contributed by atoms with Crippen LogP contribution < -0.4 is 15.4 Å². The fourth-order valence-corrected chi connectivity index (χ4v) is 10.1. The van der Waals surface area contributed by atoms with Crippen molar-refractivity contribution in [1.82, 2.24) is 30.4 Å². The van der Waals surface area contributed by atoms with Crippen molar-refractivity contribution in [3.05, 3.63) is 106 Å². The summed E-state index contributed by atoms with van der Waals surface area (Å²) in [5, 5.41) is 16.4. The van der Waals surface area contributed by atoms with Gasteiger partial charge >= 0.3 is 12.0 Å². The summed E-state index contributed by atoms with van der Waals surface area (Å²) in [5.41, 5.74) is 3.88. The Balaban J connectivity index is 0.855. The number of hydrogen-bond donors (Lipinski definition) is 4. The first-order valence-corrected chi connectivity index (χ1v) is 24.7. The number of carbonyl (C=O) groups excluding carboxylic acids is 3. The number of aromatic amines is 1. The van der Waals surface area contributed by atoms with Crippen molar-refractivity contribution in [2.75, 3.05) is 39.5 Å². The third kappa shape index (κ3) is 12.8. The Morgan fingerprint density at radius 2 is 1.65 bits per heavy atom. The Hall–Kier alpha value is -5.47. The maximum absolute atomic E-state index is 16.0. The summed E-state index contributed by atoms with van der Waals surface area (Å²) in [7, 11) is 0. The van der Waals surface area contributed by atoms with Gasteiger partial charge in [-0.25, -0.2) is 18.2 Å². The minimum absolute atomic E-state index is 0.0355. The summed E-state index contributed by atoms with van der Waals surface area (Å²) in [5.74, 6) is -4.93. The maximum atomic E-state index is 16.0. The number of halogens is 5. The molecule has 1 unspecified atom stereocenters. The van der Waals surface area contributed by atoms with E-state index in [-0.39, 0.29) is 63.2 Å². The molecule has 7 rings (SSSR count). The SMILES string of the molecule is Cc1ncsc1-c1ccc(CNC(=O)[C@@H]2C[C@@H](O)CN2C(=O)C(NC(=O)C(F)(F)OCCOCCCCOc2cc(F)c([C@@H]3c4[nH]c5ccccc5c4C[C@@H](C)N3CC(C)(C)F)c(F)c2)C(C)(C)C)cc1. The van der Waals surface area contributed by atoms with Crippen LogP contribution in [0.1, 0.15) is 94.9 Å². The lowest BCUT2D eigenvalue weighted by Gasteiger charge is -2.43. The first kappa shape index (κ1) is 53.3. The number of amides is 3. The van der Waals surface area contributed by atoms with Crippen LogP contribution in [0.15, 0.2) is 66.2 Å². The number of thiazole rings is 1. The number of unbranched alkanes of at least 4 members (excludes halogenated alkanes) is 1. The maximum Gasteiger partial charge on any atom is 0.436 e. The van der Waals surface area contributed by atoms with E-state index in [1.54, 1.807) is 31.2 Å². The summed E-state index contributed by atoms with van der Waals surface area (Å²) >= 11 is 1.52. The number of aliphatic hydroxyl groups excluding tert-OH is 1. The van der Waals surface area contributed by atoms with E-state index in [0.29, 0.717) is 25.0 Å². The molecule has 0 aliphatic carbocycles. The second kappa shape index (κ2) is 22.1. The van der Waals surface area contributed by atoms with Gasteiger partial charge in [-0.1, -0.05) is 63.2 Å². The molecule has 384 valence electrons. The van der Waals surface area contributed by atoms with E-state index >= 15 is 22.0 Å². The number of H-pyrrole nitrogens is 1. The third-order valence-corrected chi connectivity index (χ3v) is 13.8. The summed E-state index contributed by atoms with van der Waals surface area (Å²) in [6, 6.07) is 13.6. The van der Waals surface area contributed by atoms with E-state index in [2.05, 4.69) is 25.3 Å². The van der Waals surface area contributed by atoms with E-state index < -0.39 is 77.4 Å². The first-order valence-electron chi connectivity index (χ1n) is 23.8. The minimum Gasteiger partial charge on any atom is -0.493 e. The molecule has 3 aromatic carbocycles. The molecule has 19 heteroatoms. The molecule has 0 radical (unpaired) electrons. The summed E-state index contributed by atoms with van der Waals surface area (Å²) in [6.07, 6.45) is -4.15. The van der Waals surface area contributed by atoms with Crippen LogP contribution in [0.5, 0.6) is 5.75 Å². The molecule has 0 bridgehead atoms. The van der Waals surface area contributed by atoms with Gasteiger partial charge < -0.3 is 39.8 Å². The number of para-hydroxylation sites is 1. The van der Waals surface area contributed by atoms with Crippen molar-refractivity contribution in [2.24, 2.45) is 5.41 Å². The second-order valence-corrected chi connectivity index (χ2v) is 20.9. The molecule has 4 N–H and O–H groups in total. The lowest BCUT2D eigenvalue weighted by molar-refractivity contribution is -0.235. The Kier molecular flexibility index (Phi) is 16.6. The number of carbonyl (C=O) groups is 3. The molecule has 0 saturated carbocycles. The Bertz CT molecular complexity index is 2640. The molecule has 5 aromatic rings. The zero-order valence-corrected chi connectivity index (χ0v) is 41.9. The lowest BCUT2D eigenvalue weighted by atomic mass is 9.85. The number of fused-ring (bicyclic) bond motifs is 3.